The van der Waals surface area contributed by atoms with Gasteiger partial charge in [0.25, 0.3) is 0 Å². The summed E-state index contributed by atoms with van der Waals surface area (Å²) in [5.74, 6) is 0. The molecular weight excluding hydrogens is 316 g/mol. The van der Waals surface area contributed by atoms with Crippen LogP contribution in [0.3, 0.4) is 0 Å². The molecule has 0 aromatic heterocycles. The van der Waals surface area contributed by atoms with Gasteiger partial charge in [-0.2, -0.15) is 9.98 Å². The summed E-state index contributed by atoms with van der Waals surface area (Å²) in [6.07, 6.45) is 3.13. The molecule has 0 bridgehead atoms. The molecule has 0 atom stereocenters. The molecule has 22 heavy (non-hydrogen) atoms. The Morgan fingerprint density at radius 1 is 0.773 bits per heavy atom. The van der Waals surface area contributed by atoms with Crippen LogP contribution in [0.25, 0.3) is 0 Å². The molecule has 0 fully saturated rings. The predicted molar refractivity (Wildman–Crippen MR) is 89.6 cm³/mol. The summed E-state index contributed by atoms with van der Waals surface area (Å²) >= 11 is 0. The van der Waals surface area contributed by atoms with E-state index in [9.17, 15) is 9.59 Å². The number of hydrogen-bond acceptors (Lipinski definition) is 6. The summed E-state index contributed by atoms with van der Waals surface area (Å²) in [6.45, 7) is 3.94. The van der Waals surface area contributed by atoms with Crippen molar-refractivity contribution in [3.63, 3.8) is 0 Å². The number of hydrogen-bond donors (Lipinski definition) is 0. The highest BCUT2D eigenvalue weighted by atomic mass is 33.1. The monoisotopic (exact) mass is 328 g/mol. The summed E-state index contributed by atoms with van der Waals surface area (Å²) in [4.78, 5) is 30.1. The van der Waals surface area contributed by atoms with Crippen LogP contribution >= 0.6 is 21.6 Å². The van der Waals surface area contributed by atoms with Crippen LogP contribution in [-0.4, -0.2) is 12.2 Å². The second-order valence-corrected chi connectivity index (χ2v) is 6.73. The number of nitrogens with zero attached hydrogens (tertiary/aromatic N) is 2. The van der Waals surface area contributed by atoms with Gasteiger partial charge in [0, 0.05) is 9.79 Å². The molecular formula is C16H12N2O2S2. The van der Waals surface area contributed by atoms with Crippen LogP contribution in [0.5, 0.6) is 0 Å². The van der Waals surface area contributed by atoms with Gasteiger partial charge in [-0.1, -0.05) is 33.7 Å². The fourth-order valence-corrected chi connectivity index (χ4v) is 4.13. The largest absolute Gasteiger partial charge is 0.240 e. The van der Waals surface area contributed by atoms with Crippen molar-refractivity contribution in [1.82, 2.24) is 0 Å². The fourth-order valence-electron chi connectivity index (χ4n) is 1.75. The SMILES string of the molecule is Cc1ccc(N=C=O)c(SSc2cc(C)ccc2N=C=O)c1. The average Bonchev–Trinajstić information content (AvgIpc) is 2.50. The van der Waals surface area contributed by atoms with Gasteiger partial charge >= 0.3 is 0 Å². The molecule has 2 aromatic rings. The molecule has 0 heterocycles. The van der Waals surface area contributed by atoms with E-state index in [0.29, 0.717) is 11.4 Å². The first kappa shape index (κ1) is 16.3. The Morgan fingerprint density at radius 2 is 1.18 bits per heavy atom. The Balaban J connectivity index is 2.30. The molecule has 4 nitrogen and oxygen atoms in total. The average molecular weight is 328 g/mol. The van der Waals surface area contributed by atoms with E-state index in [2.05, 4.69) is 9.98 Å². The van der Waals surface area contributed by atoms with Gasteiger partial charge in [0.15, 0.2) is 0 Å². The van der Waals surface area contributed by atoms with E-state index in [4.69, 9.17) is 0 Å². The quantitative estimate of drug-likeness (QED) is 0.438. The molecule has 2 rings (SSSR count). The third-order valence-corrected chi connectivity index (χ3v) is 5.21. The Kier molecular flexibility index (Phi) is 5.75. The maximum absolute atomic E-state index is 10.5. The van der Waals surface area contributed by atoms with E-state index in [1.807, 2.05) is 38.1 Å². The molecule has 0 aliphatic heterocycles. The first-order valence-corrected chi connectivity index (χ1v) is 8.50. The van der Waals surface area contributed by atoms with Crippen LogP contribution < -0.4 is 0 Å². The normalized spacial score (nSPS) is 9.73. The third-order valence-electron chi connectivity index (χ3n) is 2.78. The number of carbonyl (C=O) groups excluding carboxylic acids is 2. The number of rotatable bonds is 5. The summed E-state index contributed by atoms with van der Waals surface area (Å²) in [5.41, 5.74) is 3.30. The lowest BCUT2D eigenvalue weighted by atomic mass is 10.2. The zero-order valence-electron chi connectivity index (χ0n) is 12.0. The van der Waals surface area contributed by atoms with E-state index in [1.165, 1.54) is 21.6 Å². The zero-order chi connectivity index (χ0) is 15.9. The van der Waals surface area contributed by atoms with Crippen LogP contribution in [0.2, 0.25) is 0 Å². The van der Waals surface area contributed by atoms with Gasteiger partial charge in [-0.3, -0.25) is 0 Å². The maximum Gasteiger partial charge on any atom is 0.240 e. The summed E-state index contributed by atoms with van der Waals surface area (Å²) < 4.78 is 0. The van der Waals surface area contributed by atoms with Crippen molar-refractivity contribution in [2.75, 3.05) is 0 Å². The van der Waals surface area contributed by atoms with Gasteiger partial charge in [-0.25, -0.2) is 9.59 Å². The summed E-state index contributed by atoms with van der Waals surface area (Å²) in [7, 11) is 2.91. The molecule has 0 N–H and O–H groups in total. The summed E-state index contributed by atoms with van der Waals surface area (Å²) in [5, 5.41) is 0. The smallest absolute Gasteiger partial charge is 0.211 e. The fraction of sp³-hybridized carbons (Fsp3) is 0.125. The first-order valence-electron chi connectivity index (χ1n) is 6.35. The standard InChI is InChI=1S/C16H12N2O2S2/c1-11-3-5-13(17-9-19)15(7-11)21-22-16-8-12(2)4-6-14(16)18-10-20/h3-8H,1-2H3. The summed E-state index contributed by atoms with van der Waals surface area (Å²) in [6, 6.07) is 11.2. The molecule has 0 spiro atoms. The van der Waals surface area contributed by atoms with Crippen LogP contribution in [0.15, 0.2) is 56.2 Å². The number of isocyanates is 2. The van der Waals surface area contributed by atoms with Gasteiger partial charge in [-0.05, 0) is 49.2 Å². The Bertz CT molecular complexity index is 725. The van der Waals surface area contributed by atoms with Crippen LogP contribution in [0, 0.1) is 13.8 Å². The van der Waals surface area contributed by atoms with Crippen molar-refractivity contribution in [3.05, 3.63) is 47.5 Å². The van der Waals surface area contributed by atoms with Gasteiger partial charge in [0.2, 0.25) is 12.2 Å². The van der Waals surface area contributed by atoms with Crippen molar-refractivity contribution in [2.24, 2.45) is 9.98 Å². The molecule has 0 amide bonds. The molecule has 2 aromatic carbocycles. The van der Waals surface area contributed by atoms with E-state index in [1.54, 1.807) is 24.3 Å². The second-order valence-electron chi connectivity index (χ2n) is 4.52. The lowest BCUT2D eigenvalue weighted by Gasteiger charge is -2.07. The topological polar surface area (TPSA) is 58.9 Å². The molecule has 0 aliphatic carbocycles. The molecule has 0 radical (unpaired) electrons. The molecule has 0 unspecified atom stereocenters. The van der Waals surface area contributed by atoms with Gasteiger partial charge in [0.05, 0.1) is 11.4 Å². The first-order chi connectivity index (χ1) is 10.6. The van der Waals surface area contributed by atoms with Crippen molar-refractivity contribution in [1.29, 1.82) is 0 Å². The highest BCUT2D eigenvalue weighted by Gasteiger charge is 2.08. The Labute approximate surface area is 136 Å². The Morgan fingerprint density at radius 3 is 1.55 bits per heavy atom. The predicted octanol–water partition coefficient (Wildman–Crippen LogP) is 5.04. The lowest BCUT2D eigenvalue weighted by molar-refractivity contribution is 0.564. The number of aliphatic imine (C=N–C) groups is 2. The van der Waals surface area contributed by atoms with Crippen molar-refractivity contribution in [3.8, 4) is 0 Å². The number of aryl methyl sites for hydroxylation is 2. The maximum atomic E-state index is 10.5. The van der Waals surface area contributed by atoms with E-state index < -0.39 is 0 Å². The van der Waals surface area contributed by atoms with Crippen LogP contribution in [-0.2, 0) is 9.59 Å². The van der Waals surface area contributed by atoms with E-state index >= 15 is 0 Å². The third kappa shape index (κ3) is 4.20. The van der Waals surface area contributed by atoms with Crippen LogP contribution in [0.4, 0.5) is 11.4 Å². The van der Waals surface area contributed by atoms with Gasteiger partial charge in [0.1, 0.15) is 0 Å². The Hall–Kier alpha value is -2.10. The minimum Gasteiger partial charge on any atom is -0.211 e. The highest BCUT2D eigenvalue weighted by Crippen LogP contribution is 2.45. The van der Waals surface area contributed by atoms with Crippen molar-refractivity contribution >= 4 is 45.1 Å². The van der Waals surface area contributed by atoms with Crippen LogP contribution in [0.1, 0.15) is 11.1 Å². The highest BCUT2D eigenvalue weighted by molar-refractivity contribution is 8.76. The van der Waals surface area contributed by atoms with Crippen molar-refractivity contribution in [2.45, 2.75) is 23.6 Å². The molecule has 0 aliphatic rings. The molecule has 6 heteroatoms. The lowest BCUT2D eigenvalue weighted by Crippen LogP contribution is -1.78. The minimum atomic E-state index is 0.575. The second kappa shape index (κ2) is 7.78. The zero-order valence-corrected chi connectivity index (χ0v) is 13.6. The molecule has 0 saturated carbocycles. The van der Waals surface area contributed by atoms with Gasteiger partial charge in [-0.15, -0.1) is 0 Å². The minimum absolute atomic E-state index is 0.575. The van der Waals surface area contributed by atoms with E-state index in [-0.39, 0.29) is 0 Å². The van der Waals surface area contributed by atoms with E-state index in [0.717, 1.165) is 20.9 Å². The molecule has 110 valence electrons. The van der Waals surface area contributed by atoms with Crippen molar-refractivity contribution < 1.29 is 9.59 Å². The van der Waals surface area contributed by atoms with Gasteiger partial charge < -0.3 is 0 Å². The number of benzene rings is 2. The molecule has 0 saturated heterocycles.